The summed E-state index contributed by atoms with van der Waals surface area (Å²) in [6.45, 7) is 0.356. The molecule has 1 rings (SSSR count). The van der Waals surface area contributed by atoms with Gasteiger partial charge in [0.05, 0.1) is 12.7 Å². The van der Waals surface area contributed by atoms with Crippen LogP contribution in [0.15, 0.2) is 18.2 Å². The maximum absolute atomic E-state index is 10.9. The third-order valence-corrected chi connectivity index (χ3v) is 2.53. The van der Waals surface area contributed by atoms with Crippen LogP contribution in [-0.2, 0) is 0 Å². The monoisotopic (exact) mass is 331 g/mol. The Morgan fingerprint density at radius 1 is 1.56 bits per heavy atom. The number of benzene rings is 1. The molecule has 84 valence electrons. The van der Waals surface area contributed by atoms with Gasteiger partial charge >= 0.3 is 5.97 Å². The molecule has 0 radical (unpaired) electrons. The highest BCUT2D eigenvalue weighted by Crippen LogP contribution is 2.21. The van der Waals surface area contributed by atoms with Crippen LogP contribution in [0, 0.1) is 14.9 Å². The van der Waals surface area contributed by atoms with Crippen LogP contribution < -0.4 is 4.74 Å². The highest BCUT2D eigenvalue weighted by Gasteiger charge is 2.11. The Balaban J connectivity index is 2.72. The van der Waals surface area contributed by atoms with Gasteiger partial charge in [-0.1, -0.05) is 0 Å². The van der Waals surface area contributed by atoms with E-state index in [-0.39, 0.29) is 5.56 Å². The average Bonchev–Trinajstić information content (AvgIpc) is 2.26. The van der Waals surface area contributed by atoms with Gasteiger partial charge in [0.15, 0.2) is 0 Å². The van der Waals surface area contributed by atoms with E-state index in [1.54, 1.807) is 18.2 Å². The lowest BCUT2D eigenvalue weighted by Gasteiger charge is -2.08. The van der Waals surface area contributed by atoms with Crippen molar-refractivity contribution < 1.29 is 14.6 Å². The highest BCUT2D eigenvalue weighted by molar-refractivity contribution is 14.1. The number of rotatable bonds is 5. The van der Waals surface area contributed by atoms with Gasteiger partial charge in [-0.25, -0.2) is 4.79 Å². The number of aromatic carboxylic acids is 1. The van der Waals surface area contributed by atoms with Gasteiger partial charge in [-0.3, -0.25) is 0 Å². The molecule has 0 aliphatic carbocycles. The molecule has 5 heteroatoms. The molecule has 0 atom stereocenters. The van der Waals surface area contributed by atoms with Crippen LogP contribution in [0.1, 0.15) is 23.2 Å². The number of hydrogen-bond acceptors (Lipinski definition) is 3. The van der Waals surface area contributed by atoms with Gasteiger partial charge < -0.3 is 9.84 Å². The Kier molecular flexibility index (Phi) is 5.05. The largest absolute Gasteiger partial charge is 0.493 e. The minimum atomic E-state index is -1.01. The van der Waals surface area contributed by atoms with Crippen molar-refractivity contribution >= 4 is 28.6 Å². The standard InChI is InChI=1S/C11H10INO3/c12-8-3-4-10(9(7-8)11(14)15)16-6-2-1-5-13/h3-4,7H,1-2,6H2,(H,14,15). The van der Waals surface area contributed by atoms with Crippen molar-refractivity contribution in [1.82, 2.24) is 0 Å². The smallest absolute Gasteiger partial charge is 0.339 e. The first-order valence-electron chi connectivity index (χ1n) is 4.67. The normalized spacial score (nSPS) is 9.50. The van der Waals surface area contributed by atoms with Gasteiger partial charge in [-0.15, -0.1) is 0 Å². The van der Waals surface area contributed by atoms with Gasteiger partial charge in [0.25, 0.3) is 0 Å². The summed E-state index contributed by atoms with van der Waals surface area (Å²) in [7, 11) is 0. The summed E-state index contributed by atoms with van der Waals surface area (Å²) in [6.07, 6.45) is 1.01. The molecule has 0 saturated heterocycles. The fourth-order valence-electron chi connectivity index (χ4n) is 1.13. The van der Waals surface area contributed by atoms with E-state index in [1.807, 2.05) is 28.7 Å². The van der Waals surface area contributed by atoms with Crippen LogP contribution in [0.5, 0.6) is 5.75 Å². The number of carboxylic acids is 1. The molecule has 0 saturated carbocycles. The van der Waals surface area contributed by atoms with Crippen molar-refractivity contribution in [3.05, 3.63) is 27.3 Å². The van der Waals surface area contributed by atoms with Crippen LogP contribution in [0.2, 0.25) is 0 Å². The second-order valence-corrected chi connectivity index (χ2v) is 4.30. The van der Waals surface area contributed by atoms with E-state index in [0.717, 1.165) is 3.57 Å². The second kappa shape index (κ2) is 6.33. The number of ether oxygens (including phenoxy) is 1. The van der Waals surface area contributed by atoms with Crippen LogP contribution in [0.4, 0.5) is 0 Å². The predicted molar refractivity (Wildman–Crippen MR) is 66.5 cm³/mol. The van der Waals surface area contributed by atoms with Gasteiger partial charge in [0, 0.05) is 9.99 Å². The van der Waals surface area contributed by atoms with Crippen molar-refractivity contribution in [1.29, 1.82) is 5.26 Å². The lowest BCUT2D eigenvalue weighted by atomic mass is 10.2. The summed E-state index contributed by atoms with van der Waals surface area (Å²) in [6, 6.07) is 6.98. The molecule has 0 aromatic heterocycles. The summed E-state index contributed by atoms with van der Waals surface area (Å²) < 4.78 is 6.17. The van der Waals surface area contributed by atoms with Crippen LogP contribution in [0.25, 0.3) is 0 Å². The van der Waals surface area contributed by atoms with E-state index in [9.17, 15) is 4.79 Å². The second-order valence-electron chi connectivity index (χ2n) is 3.06. The summed E-state index contributed by atoms with van der Waals surface area (Å²) in [5.74, 6) is -0.653. The van der Waals surface area contributed by atoms with E-state index < -0.39 is 5.97 Å². The van der Waals surface area contributed by atoms with Crippen molar-refractivity contribution in [2.75, 3.05) is 6.61 Å². The molecule has 16 heavy (non-hydrogen) atoms. The van der Waals surface area contributed by atoms with Crippen molar-refractivity contribution in [3.63, 3.8) is 0 Å². The molecular formula is C11H10INO3. The molecule has 4 nitrogen and oxygen atoms in total. The maximum Gasteiger partial charge on any atom is 0.339 e. The molecule has 0 spiro atoms. The molecular weight excluding hydrogens is 321 g/mol. The zero-order valence-corrected chi connectivity index (χ0v) is 10.6. The Labute approximate surface area is 107 Å². The first-order chi connectivity index (χ1) is 7.65. The quantitative estimate of drug-likeness (QED) is 0.665. The SMILES string of the molecule is N#CCCCOc1ccc(I)cc1C(=O)O. The molecule has 1 aromatic carbocycles. The van der Waals surface area contributed by atoms with Crippen molar-refractivity contribution in [2.45, 2.75) is 12.8 Å². The third kappa shape index (κ3) is 3.70. The zero-order valence-electron chi connectivity index (χ0n) is 8.44. The van der Waals surface area contributed by atoms with Gasteiger partial charge in [-0.05, 0) is 47.2 Å². The first-order valence-corrected chi connectivity index (χ1v) is 5.75. The van der Waals surface area contributed by atoms with Gasteiger partial charge in [-0.2, -0.15) is 5.26 Å². The van der Waals surface area contributed by atoms with Crippen LogP contribution >= 0.6 is 22.6 Å². The summed E-state index contributed by atoms with van der Waals surface area (Å²) in [5.41, 5.74) is 0.156. The average molecular weight is 331 g/mol. The summed E-state index contributed by atoms with van der Waals surface area (Å²) >= 11 is 2.04. The summed E-state index contributed by atoms with van der Waals surface area (Å²) in [5, 5.41) is 17.3. The summed E-state index contributed by atoms with van der Waals surface area (Å²) in [4.78, 5) is 10.9. The maximum atomic E-state index is 10.9. The van der Waals surface area contributed by atoms with Crippen LogP contribution in [-0.4, -0.2) is 17.7 Å². The first kappa shape index (κ1) is 12.8. The van der Waals surface area contributed by atoms with E-state index in [2.05, 4.69) is 0 Å². The Hall–Kier alpha value is -1.29. The lowest BCUT2D eigenvalue weighted by molar-refractivity contribution is 0.0692. The Morgan fingerprint density at radius 2 is 2.31 bits per heavy atom. The Morgan fingerprint density at radius 3 is 2.94 bits per heavy atom. The molecule has 0 aliphatic rings. The number of unbranched alkanes of at least 4 members (excludes halogenated alkanes) is 1. The number of carbonyl (C=O) groups is 1. The highest BCUT2D eigenvalue weighted by atomic mass is 127. The molecule has 0 fully saturated rings. The fourth-order valence-corrected chi connectivity index (χ4v) is 1.62. The topological polar surface area (TPSA) is 70.3 Å². The molecule has 0 bridgehead atoms. The minimum absolute atomic E-state index is 0.156. The van der Waals surface area contributed by atoms with Gasteiger partial charge in [0.2, 0.25) is 0 Å². The number of nitriles is 1. The van der Waals surface area contributed by atoms with Crippen molar-refractivity contribution in [3.8, 4) is 11.8 Å². The van der Waals surface area contributed by atoms with Gasteiger partial charge in [0.1, 0.15) is 11.3 Å². The molecule has 1 aromatic rings. The van der Waals surface area contributed by atoms with Crippen molar-refractivity contribution in [2.24, 2.45) is 0 Å². The minimum Gasteiger partial charge on any atom is -0.493 e. The fraction of sp³-hybridized carbons (Fsp3) is 0.273. The third-order valence-electron chi connectivity index (χ3n) is 1.86. The number of halogens is 1. The number of hydrogen-bond donors (Lipinski definition) is 1. The molecule has 0 heterocycles. The molecule has 0 amide bonds. The molecule has 0 aliphatic heterocycles. The molecule has 0 unspecified atom stereocenters. The zero-order chi connectivity index (χ0) is 12.0. The number of nitrogens with zero attached hydrogens (tertiary/aromatic N) is 1. The van der Waals surface area contributed by atoms with Crippen LogP contribution in [0.3, 0.4) is 0 Å². The number of carboxylic acid groups (broad SMARTS) is 1. The Bertz CT molecular complexity index is 426. The predicted octanol–water partition coefficient (Wildman–Crippen LogP) is 2.67. The van der Waals surface area contributed by atoms with E-state index >= 15 is 0 Å². The van der Waals surface area contributed by atoms with E-state index in [1.165, 1.54) is 0 Å². The lowest BCUT2D eigenvalue weighted by Crippen LogP contribution is -2.04. The van der Waals surface area contributed by atoms with E-state index in [0.29, 0.717) is 25.2 Å². The molecule has 1 N–H and O–H groups in total. The van der Waals surface area contributed by atoms with E-state index in [4.69, 9.17) is 15.1 Å².